The van der Waals surface area contributed by atoms with Crippen LogP contribution in [-0.4, -0.2) is 43.8 Å². The van der Waals surface area contributed by atoms with E-state index in [-0.39, 0.29) is 6.03 Å². The number of carbonyl (C=O) groups is 1. The van der Waals surface area contributed by atoms with Gasteiger partial charge in [0.1, 0.15) is 5.75 Å². The fourth-order valence-electron chi connectivity index (χ4n) is 3.99. The summed E-state index contributed by atoms with van der Waals surface area (Å²) in [7, 11) is 4.81. The van der Waals surface area contributed by atoms with Crippen molar-refractivity contribution in [2.75, 3.05) is 33.2 Å². The van der Waals surface area contributed by atoms with Crippen molar-refractivity contribution in [3.63, 3.8) is 0 Å². The van der Waals surface area contributed by atoms with Gasteiger partial charge < -0.3 is 29.4 Å². The van der Waals surface area contributed by atoms with E-state index in [1.807, 2.05) is 42.6 Å². The second-order valence-electron chi connectivity index (χ2n) is 8.12. The highest BCUT2D eigenvalue weighted by Crippen LogP contribution is 2.31. The zero-order valence-electron chi connectivity index (χ0n) is 20.2. The lowest BCUT2D eigenvalue weighted by Crippen LogP contribution is -2.36. The Morgan fingerprint density at radius 3 is 2.53 bits per heavy atom. The van der Waals surface area contributed by atoms with Crippen molar-refractivity contribution in [1.29, 1.82) is 0 Å². The molecule has 0 aliphatic rings. The summed E-state index contributed by atoms with van der Waals surface area (Å²) in [6, 6.07) is 16.3. The van der Waals surface area contributed by atoms with E-state index in [9.17, 15) is 4.79 Å². The zero-order valence-corrected chi connectivity index (χ0v) is 21.7. The van der Waals surface area contributed by atoms with Gasteiger partial charge >= 0.3 is 6.03 Å². The molecule has 1 aromatic heterocycles. The number of rotatable bonds is 9. The second-order valence-corrected chi connectivity index (χ2v) is 8.90. The predicted molar refractivity (Wildman–Crippen MR) is 144 cm³/mol. The Balaban J connectivity index is 1.60. The number of aromatic nitrogens is 1. The summed E-state index contributed by atoms with van der Waals surface area (Å²) in [4.78, 5) is 18.4. The molecule has 188 valence electrons. The van der Waals surface area contributed by atoms with Crippen molar-refractivity contribution >= 4 is 45.8 Å². The molecule has 0 aliphatic heterocycles. The summed E-state index contributed by atoms with van der Waals surface area (Å²) in [5.74, 6) is 1.99. The standard InChI is InChI=1S/C27H27Cl2N3O4/c1-34-19-8-9-22-20(14-19)18(15-30-22)11-12-32(16-17-7-10-24(35-2)25(13-17)36-3)27(33)31-23-6-4-5-21(28)26(23)29/h4-10,13-15,30H,11-12,16H2,1-3H3,(H,31,33). The summed E-state index contributed by atoms with van der Waals surface area (Å²) >= 11 is 12.5. The van der Waals surface area contributed by atoms with Crippen LogP contribution in [0.4, 0.5) is 10.5 Å². The first-order valence-corrected chi connectivity index (χ1v) is 12.0. The number of carbonyl (C=O) groups excluding carboxylic acids is 1. The number of nitrogens with zero attached hydrogens (tertiary/aromatic N) is 1. The SMILES string of the molecule is COc1ccc2[nH]cc(CCN(Cc3ccc(OC)c(OC)c3)C(=O)Nc3cccc(Cl)c3Cl)c2c1. The van der Waals surface area contributed by atoms with E-state index in [0.717, 1.165) is 27.8 Å². The minimum Gasteiger partial charge on any atom is -0.497 e. The van der Waals surface area contributed by atoms with E-state index in [4.69, 9.17) is 37.4 Å². The number of methoxy groups -OCH3 is 3. The van der Waals surface area contributed by atoms with Crippen molar-refractivity contribution < 1.29 is 19.0 Å². The third kappa shape index (κ3) is 5.64. The Morgan fingerprint density at radius 2 is 1.78 bits per heavy atom. The monoisotopic (exact) mass is 527 g/mol. The average Bonchev–Trinajstić information content (AvgIpc) is 3.30. The highest BCUT2D eigenvalue weighted by Gasteiger charge is 2.18. The van der Waals surface area contributed by atoms with E-state index < -0.39 is 0 Å². The molecular formula is C27H27Cl2N3O4. The number of anilines is 1. The van der Waals surface area contributed by atoms with Crippen LogP contribution in [0, 0.1) is 0 Å². The molecule has 0 radical (unpaired) electrons. The quantitative estimate of drug-likeness (QED) is 0.251. The maximum Gasteiger partial charge on any atom is 0.322 e. The minimum atomic E-state index is -0.300. The van der Waals surface area contributed by atoms with Crippen LogP contribution in [0.2, 0.25) is 10.0 Å². The van der Waals surface area contributed by atoms with E-state index in [1.54, 1.807) is 44.4 Å². The molecule has 7 nitrogen and oxygen atoms in total. The van der Waals surface area contributed by atoms with Crippen LogP contribution < -0.4 is 19.5 Å². The Morgan fingerprint density at radius 1 is 0.972 bits per heavy atom. The molecule has 0 aliphatic carbocycles. The molecule has 4 aromatic rings. The molecule has 0 spiro atoms. The van der Waals surface area contributed by atoms with Gasteiger partial charge in [0, 0.05) is 30.2 Å². The lowest BCUT2D eigenvalue weighted by Gasteiger charge is -2.24. The Hall–Kier alpha value is -3.55. The van der Waals surface area contributed by atoms with Crippen molar-refractivity contribution in [2.24, 2.45) is 0 Å². The molecule has 4 rings (SSSR count). The van der Waals surface area contributed by atoms with Gasteiger partial charge in [0.15, 0.2) is 11.5 Å². The molecule has 2 N–H and O–H groups in total. The Labute approximate surface area is 219 Å². The van der Waals surface area contributed by atoms with Gasteiger partial charge in [-0.1, -0.05) is 35.3 Å². The number of benzene rings is 3. The number of urea groups is 1. The van der Waals surface area contributed by atoms with Crippen molar-refractivity contribution in [3.8, 4) is 17.2 Å². The number of fused-ring (bicyclic) bond motifs is 1. The van der Waals surface area contributed by atoms with Gasteiger partial charge in [-0.25, -0.2) is 4.79 Å². The van der Waals surface area contributed by atoms with Gasteiger partial charge in [-0.05, 0) is 60.0 Å². The molecule has 1 heterocycles. The fraction of sp³-hybridized carbons (Fsp3) is 0.222. The van der Waals surface area contributed by atoms with Crippen LogP contribution in [0.3, 0.4) is 0 Å². The number of hydrogen-bond donors (Lipinski definition) is 2. The fourth-order valence-corrected chi connectivity index (χ4v) is 4.34. The van der Waals surface area contributed by atoms with E-state index >= 15 is 0 Å². The maximum atomic E-state index is 13.4. The van der Waals surface area contributed by atoms with Crippen molar-refractivity contribution in [1.82, 2.24) is 9.88 Å². The summed E-state index contributed by atoms with van der Waals surface area (Å²) in [6.45, 7) is 0.790. The molecule has 0 bridgehead atoms. The van der Waals surface area contributed by atoms with E-state index in [0.29, 0.717) is 46.7 Å². The van der Waals surface area contributed by atoms with Gasteiger partial charge in [-0.3, -0.25) is 0 Å². The lowest BCUT2D eigenvalue weighted by atomic mass is 10.1. The topological polar surface area (TPSA) is 75.8 Å². The number of halogens is 2. The van der Waals surface area contributed by atoms with E-state index in [2.05, 4.69) is 10.3 Å². The van der Waals surface area contributed by atoms with Crippen LogP contribution in [0.15, 0.2) is 60.8 Å². The number of hydrogen-bond acceptors (Lipinski definition) is 4. The van der Waals surface area contributed by atoms with Gasteiger partial charge in [-0.15, -0.1) is 0 Å². The van der Waals surface area contributed by atoms with Crippen LogP contribution in [0.25, 0.3) is 10.9 Å². The van der Waals surface area contributed by atoms with Crippen LogP contribution in [0.5, 0.6) is 17.2 Å². The van der Waals surface area contributed by atoms with Gasteiger partial charge in [0.25, 0.3) is 0 Å². The maximum absolute atomic E-state index is 13.4. The number of H-pyrrole nitrogens is 1. The van der Waals surface area contributed by atoms with Gasteiger partial charge in [0.05, 0.1) is 37.1 Å². The predicted octanol–water partition coefficient (Wildman–Crippen LogP) is 6.78. The molecule has 0 atom stereocenters. The Kier molecular flexibility index (Phi) is 8.13. The first kappa shape index (κ1) is 25.5. The second kappa shape index (κ2) is 11.5. The molecule has 0 saturated carbocycles. The third-order valence-electron chi connectivity index (χ3n) is 5.93. The molecular weight excluding hydrogens is 501 g/mol. The first-order valence-electron chi connectivity index (χ1n) is 11.3. The van der Waals surface area contributed by atoms with Crippen LogP contribution in [-0.2, 0) is 13.0 Å². The average molecular weight is 528 g/mol. The number of aromatic amines is 1. The molecule has 3 aromatic carbocycles. The number of amides is 2. The Bertz CT molecular complexity index is 1370. The van der Waals surface area contributed by atoms with E-state index in [1.165, 1.54) is 0 Å². The molecule has 0 unspecified atom stereocenters. The van der Waals surface area contributed by atoms with Gasteiger partial charge in [-0.2, -0.15) is 0 Å². The highest BCUT2D eigenvalue weighted by molar-refractivity contribution is 6.43. The molecule has 0 fully saturated rings. The van der Waals surface area contributed by atoms with Crippen molar-refractivity contribution in [2.45, 2.75) is 13.0 Å². The summed E-state index contributed by atoms with van der Waals surface area (Å²) in [5.41, 5.74) is 3.42. The van der Waals surface area contributed by atoms with Crippen molar-refractivity contribution in [3.05, 3.63) is 82.0 Å². The summed E-state index contributed by atoms with van der Waals surface area (Å²) < 4.78 is 16.2. The minimum absolute atomic E-state index is 0.294. The third-order valence-corrected chi connectivity index (χ3v) is 6.75. The smallest absolute Gasteiger partial charge is 0.322 e. The number of nitrogens with one attached hydrogen (secondary N) is 2. The zero-order chi connectivity index (χ0) is 25.7. The summed E-state index contributed by atoms with van der Waals surface area (Å²) in [5, 5.41) is 4.61. The summed E-state index contributed by atoms with van der Waals surface area (Å²) in [6.07, 6.45) is 2.58. The van der Waals surface area contributed by atoms with Crippen LogP contribution in [0.1, 0.15) is 11.1 Å². The number of ether oxygens (including phenoxy) is 3. The molecule has 2 amide bonds. The normalized spacial score (nSPS) is 10.8. The van der Waals surface area contributed by atoms with Crippen LogP contribution >= 0.6 is 23.2 Å². The molecule has 0 saturated heterocycles. The lowest BCUT2D eigenvalue weighted by molar-refractivity contribution is 0.209. The largest absolute Gasteiger partial charge is 0.497 e. The molecule has 9 heteroatoms. The van der Waals surface area contributed by atoms with Gasteiger partial charge in [0.2, 0.25) is 0 Å². The molecule has 36 heavy (non-hydrogen) atoms. The first-order chi connectivity index (χ1) is 17.4. The highest BCUT2D eigenvalue weighted by atomic mass is 35.5.